The topological polar surface area (TPSA) is 53.5 Å². The lowest BCUT2D eigenvalue weighted by atomic mass is 10.2. The van der Waals surface area contributed by atoms with Crippen molar-refractivity contribution in [1.29, 1.82) is 0 Å². The van der Waals surface area contributed by atoms with Crippen molar-refractivity contribution in [2.24, 2.45) is 0 Å². The summed E-state index contributed by atoms with van der Waals surface area (Å²) >= 11 is 6.23. The van der Waals surface area contributed by atoms with Crippen LogP contribution in [0.2, 0.25) is 5.02 Å². The molecule has 0 bridgehead atoms. The molecular formula is C21H24ClN5O. The van der Waals surface area contributed by atoms with E-state index in [1.165, 1.54) is 0 Å². The van der Waals surface area contributed by atoms with Crippen LogP contribution in [0, 0.1) is 0 Å². The second kappa shape index (κ2) is 8.20. The molecule has 0 radical (unpaired) electrons. The van der Waals surface area contributed by atoms with Crippen molar-refractivity contribution in [1.82, 2.24) is 14.9 Å². The van der Waals surface area contributed by atoms with Crippen LogP contribution < -0.4 is 15.0 Å². The summed E-state index contributed by atoms with van der Waals surface area (Å²) in [6.45, 7) is 4.53. The number of aromatic nitrogens is 2. The van der Waals surface area contributed by atoms with Gasteiger partial charge in [-0.2, -0.15) is 4.98 Å². The molecule has 1 saturated heterocycles. The third kappa shape index (κ3) is 4.13. The lowest BCUT2D eigenvalue weighted by Crippen LogP contribution is -2.45. The summed E-state index contributed by atoms with van der Waals surface area (Å²) < 4.78 is 5.23. The van der Waals surface area contributed by atoms with Gasteiger partial charge in [0.1, 0.15) is 11.6 Å². The molecular weight excluding hydrogens is 374 g/mol. The molecule has 6 nitrogen and oxygen atoms in total. The Hall–Kier alpha value is -2.57. The van der Waals surface area contributed by atoms with Gasteiger partial charge in [-0.05, 0) is 42.9 Å². The van der Waals surface area contributed by atoms with Crippen molar-refractivity contribution in [3.8, 4) is 5.75 Å². The molecule has 0 spiro atoms. The third-order valence-corrected chi connectivity index (χ3v) is 5.29. The maximum absolute atomic E-state index is 6.23. The average Bonchev–Trinajstić information content (AvgIpc) is 2.73. The van der Waals surface area contributed by atoms with Gasteiger partial charge in [0.25, 0.3) is 0 Å². The molecule has 1 fully saturated rings. The standard InChI is InChI=1S/C21H24ClN5O/c1-26-9-11-27(12-10-26)21-24-19-8-5-16(22)13-18(19)20(25-21)23-14-15-3-6-17(28-2)7-4-15/h3-8,13H,9-12,14H2,1-2H3,(H,23,24,25). The van der Waals surface area contributed by atoms with E-state index in [1.807, 2.05) is 42.5 Å². The van der Waals surface area contributed by atoms with Crippen molar-refractivity contribution >= 4 is 34.3 Å². The van der Waals surface area contributed by atoms with E-state index >= 15 is 0 Å². The Bertz CT molecular complexity index is 955. The number of ether oxygens (including phenoxy) is 1. The van der Waals surface area contributed by atoms with Gasteiger partial charge in [-0.3, -0.25) is 0 Å². The first kappa shape index (κ1) is 18.8. The molecule has 2 aromatic carbocycles. The Morgan fingerprint density at radius 3 is 2.50 bits per heavy atom. The van der Waals surface area contributed by atoms with Crippen LogP contribution in [0.3, 0.4) is 0 Å². The second-order valence-electron chi connectivity index (χ2n) is 7.03. The molecule has 4 rings (SSSR count). The predicted molar refractivity (Wildman–Crippen MR) is 115 cm³/mol. The van der Waals surface area contributed by atoms with Crippen LogP contribution in [0.25, 0.3) is 10.9 Å². The molecule has 0 aliphatic carbocycles. The largest absolute Gasteiger partial charge is 0.497 e. The number of benzene rings is 2. The normalized spacial score (nSPS) is 15.0. The third-order valence-electron chi connectivity index (χ3n) is 5.05. The molecule has 0 amide bonds. The molecule has 2 heterocycles. The number of hydrogen-bond acceptors (Lipinski definition) is 6. The van der Waals surface area contributed by atoms with Gasteiger partial charge in [-0.15, -0.1) is 0 Å². The summed E-state index contributed by atoms with van der Waals surface area (Å²) in [4.78, 5) is 14.2. The number of likely N-dealkylation sites (N-methyl/N-ethyl adjacent to an activating group) is 1. The number of fused-ring (bicyclic) bond motifs is 1. The quantitative estimate of drug-likeness (QED) is 0.709. The number of nitrogens with zero attached hydrogens (tertiary/aromatic N) is 4. The molecule has 28 heavy (non-hydrogen) atoms. The maximum Gasteiger partial charge on any atom is 0.227 e. The van der Waals surface area contributed by atoms with E-state index in [9.17, 15) is 0 Å². The van der Waals surface area contributed by atoms with E-state index in [1.54, 1.807) is 7.11 Å². The smallest absolute Gasteiger partial charge is 0.227 e. The summed E-state index contributed by atoms with van der Waals surface area (Å²) in [6, 6.07) is 13.8. The number of methoxy groups -OCH3 is 1. The van der Waals surface area contributed by atoms with E-state index in [0.29, 0.717) is 11.6 Å². The van der Waals surface area contributed by atoms with Gasteiger partial charge in [0.2, 0.25) is 5.95 Å². The fraction of sp³-hybridized carbons (Fsp3) is 0.333. The Balaban J connectivity index is 1.63. The van der Waals surface area contributed by atoms with Crippen LogP contribution in [0.15, 0.2) is 42.5 Å². The Morgan fingerprint density at radius 1 is 1.04 bits per heavy atom. The van der Waals surface area contributed by atoms with Crippen LogP contribution in [0.1, 0.15) is 5.56 Å². The van der Waals surface area contributed by atoms with Crippen molar-refractivity contribution in [3.63, 3.8) is 0 Å². The van der Waals surface area contributed by atoms with Gasteiger partial charge in [0, 0.05) is 43.1 Å². The number of rotatable bonds is 5. The number of nitrogens with one attached hydrogen (secondary N) is 1. The first-order valence-corrected chi connectivity index (χ1v) is 9.78. The Kier molecular flexibility index (Phi) is 5.50. The molecule has 3 aromatic rings. The van der Waals surface area contributed by atoms with E-state index in [-0.39, 0.29) is 0 Å². The highest BCUT2D eigenvalue weighted by molar-refractivity contribution is 6.31. The van der Waals surface area contributed by atoms with Gasteiger partial charge in [-0.1, -0.05) is 23.7 Å². The van der Waals surface area contributed by atoms with E-state index in [0.717, 1.165) is 60.2 Å². The summed E-state index contributed by atoms with van der Waals surface area (Å²) in [5.74, 6) is 2.41. The second-order valence-corrected chi connectivity index (χ2v) is 7.46. The maximum atomic E-state index is 6.23. The summed E-state index contributed by atoms with van der Waals surface area (Å²) in [5, 5.41) is 5.08. The first-order chi connectivity index (χ1) is 13.6. The molecule has 1 N–H and O–H groups in total. The SMILES string of the molecule is COc1ccc(CNc2nc(N3CCN(C)CC3)nc3ccc(Cl)cc23)cc1. The fourth-order valence-electron chi connectivity index (χ4n) is 3.30. The van der Waals surface area contributed by atoms with Crippen molar-refractivity contribution in [3.05, 3.63) is 53.1 Å². The Morgan fingerprint density at radius 2 is 1.79 bits per heavy atom. The molecule has 1 aliphatic heterocycles. The molecule has 0 unspecified atom stereocenters. The van der Waals surface area contributed by atoms with Gasteiger partial charge in [0.05, 0.1) is 12.6 Å². The fourth-order valence-corrected chi connectivity index (χ4v) is 3.47. The summed E-state index contributed by atoms with van der Waals surface area (Å²) in [7, 11) is 3.81. The van der Waals surface area contributed by atoms with Gasteiger partial charge in [-0.25, -0.2) is 4.98 Å². The van der Waals surface area contributed by atoms with Crippen LogP contribution in [-0.4, -0.2) is 55.2 Å². The molecule has 7 heteroatoms. The van der Waals surface area contributed by atoms with Crippen molar-refractivity contribution in [2.45, 2.75) is 6.54 Å². The molecule has 1 aromatic heterocycles. The number of hydrogen-bond donors (Lipinski definition) is 1. The van der Waals surface area contributed by atoms with E-state index < -0.39 is 0 Å². The van der Waals surface area contributed by atoms with Gasteiger partial charge < -0.3 is 19.9 Å². The highest BCUT2D eigenvalue weighted by Gasteiger charge is 2.18. The highest BCUT2D eigenvalue weighted by atomic mass is 35.5. The minimum absolute atomic E-state index is 0.658. The lowest BCUT2D eigenvalue weighted by molar-refractivity contribution is 0.311. The zero-order chi connectivity index (χ0) is 19.5. The monoisotopic (exact) mass is 397 g/mol. The molecule has 146 valence electrons. The van der Waals surface area contributed by atoms with Crippen LogP contribution >= 0.6 is 11.6 Å². The zero-order valence-corrected chi connectivity index (χ0v) is 16.9. The highest BCUT2D eigenvalue weighted by Crippen LogP contribution is 2.27. The molecule has 0 saturated carbocycles. The van der Waals surface area contributed by atoms with E-state index in [4.69, 9.17) is 26.3 Å². The van der Waals surface area contributed by atoms with Crippen LogP contribution in [0.5, 0.6) is 5.75 Å². The number of halogens is 1. The van der Waals surface area contributed by atoms with Crippen molar-refractivity contribution < 1.29 is 4.74 Å². The predicted octanol–water partition coefficient (Wildman–Crippen LogP) is 3.66. The number of anilines is 2. The number of piperazine rings is 1. The summed E-state index contributed by atoms with van der Waals surface area (Å²) in [6.07, 6.45) is 0. The summed E-state index contributed by atoms with van der Waals surface area (Å²) in [5.41, 5.74) is 2.04. The minimum Gasteiger partial charge on any atom is -0.497 e. The molecule has 1 aliphatic rings. The van der Waals surface area contributed by atoms with Crippen molar-refractivity contribution in [2.75, 3.05) is 50.6 Å². The van der Waals surface area contributed by atoms with Crippen LogP contribution in [-0.2, 0) is 6.54 Å². The van der Waals surface area contributed by atoms with Gasteiger partial charge in [0.15, 0.2) is 0 Å². The Labute approximate surface area is 170 Å². The first-order valence-electron chi connectivity index (χ1n) is 9.40. The minimum atomic E-state index is 0.658. The zero-order valence-electron chi connectivity index (χ0n) is 16.2. The lowest BCUT2D eigenvalue weighted by Gasteiger charge is -2.32. The van der Waals surface area contributed by atoms with Crippen LogP contribution in [0.4, 0.5) is 11.8 Å². The van der Waals surface area contributed by atoms with E-state index in [2.05, 4.69) is 22.2 Å². The van der Waals surface area contributed by atoms with Gasteiger partial charge >= 0.3 is 0 Å². The average molecular weight is 398 g/mol. The molecule has 0 atom stereocenters.